The minimum Gasteiger partial charge on any atom is -0.494 e. The molecule has 1 N–H and O–H groups in total. The number of nitriles is 1. The largest absolute Gasteiger partial charge is 0.494 e. The molecule has 19 heavy (non-hydrogen) atoms. The van der Waals surface area contributed by atoms with E-state index >= 15 is 0 Å². The third-order valence-corrected chi connectivity index (χ3v) is 2.18. The molecule has 0 aromatic heterocycles. The van der Waals surface area contributed by atoms with Crippen LogP contribution in [0.15, 0.2) is 17.1 Å². The van der Waals surface area contributed by atoms with Gasteiger partial charge in [-0.1, -0.05) is 0 Å². The summed E-state index contributed by atoms with van der Waals surface area (Å²) >= 11 is 0. The highest BCUT2D eigenvalue weighted by atomic mass is 16.5. The van der Waals surface area contributed by atoms with E-state index in [9.17, 15) is 4.79 Å². The van der Waals surface area contributed by atoms with Gasteiger partial charge in [0.1, 0.15) is 11.8 Å². The van der Waals surface area contributed by atoms with E-state index in [4.69, 9.17) is 10.00 Å². The molecule has 0 fully saturated rings. The summed E-state index contributed by atoms with van der Waals surface area (Å²) in [6.45, 7) is 1.39. The van der Waals surface area contributed by atoms with Gasteiger partial charge in [-0.3, -0.25) is 4.79 Å². The van der Waals surface area contributed by atoms with Crippen LogP contribution in [0.25, 0.3) is 0 Å². The van der Waals surface area contributed by atoms with Gasteiger partial charge in [0, 0.05) is 27.1 Å². The van der Waals surface area contributed by atoms with Crippen LogP contribution in [-0.2, 0) is 4.79 Å². The number of ether oxygens (including phenoxy) is 1. The maximum absolute atomic E-state index is 11.1. The molecule has 0 spiro atoms. The predicted molar refractivity (Wildman–Crippen MR) is 73.9 cm³/mol. The molecule has 1 rings (SSSR count). The zero-order valence-corrected chi connectivity index (χ0v) is 11.4. The Morgan fingerprint density at radius 1 is 1.53 bits per heavy atom. The van der Waals surface area contributed by atoms with Crippen LogP contribution in [0.1, 0.15) is 12.5 Å². The number of nitrogens with zero attached hydrogens (tertiary/aromatic N) is 3. The summed E-state index contributed by atoms with van der Waals surface area (Å²) < 4.78 is 5.18. The molecule has 0 aliphatic carbocycles. The van der Waals surface area contributed by atoms with Gasteiger partial charge >= 0.3 is 0 Å². The van der Waals surface area contributed by atoms with Gasteiger partial charge in [0.15, 0.2) is 0 Å². The fourth-order valence-corrected chi connectivity index (χ4v) is 1.40. The summed E-state index contributed by atoms with van der Waals surface area (Å²) in [7, 11) is 5.16. The van der Waals surface area contributed by atoms with Crippen molar-refractivity contribution in [2.45, 2.75) is 6.92 Å². The Morgan fingerprint density at radius 3 is 2.68 bits per heavy atom. The van der Waals surface area contributed by atoms with E-state index in [0.29, 0.717) is 22.7 Å². The van der Waals surface area contributed by atoms with Crippen LogP contribution in [0, 0.1) is 11.3 Å². The Morgan fingerprint density at radius 2 is 2.21 bits per heavy atom. The van der Waals surface area contributed by atoms with Gasteiger partial charge < -0.3 is 15.0 Å². The summed E-state index contributed by atoms with van der Waals surface area (Å²) in [5, 5.41) is 11.7. The number of benzene rings is 1. The molecule has 1 aromatic rings. The smallest absolute Gasteiger partial charge is 0.221 e. The second kappa shape index (κ2) is 6.40. The summed E-state index contributed by atoms with van der Waals surface area (Å²) in [4.78, 5) is 17.0. The van der Waals surface area contributed by atoms with E-state index < -0.39 is 0 Å². The Bertz CT molecular complexity index is 544. The number of hydrogen-bond donors (Lipinski definition) is 1. The fraction of sp³-hybridized carbons (Fsp3) is 0.308. The lowest BCUT2D eigenvalue weighted by atomic mass is 10.1. The minimum atomic E-state index is -0.230. The molecule has 0 atom stereocenters. The van der Waals surface area contributed by atoms with Crippen LogP contribution < -0.4 is 10.1 Å². The van der Waals surface area contributed by atoms with E-state index in [-0.39, 0.29) is 5.91 Å². The molecule has 0 unspecified atom stereocenters. The predicted octanol–water partition coefficient (Wildman–Crippen LogP) is 1.75. The fourth-order valence-electron chi connectivity index (χ4n) is 1.40. The van der Waals surface area contributed by atoms with Gasteiger partial charge in [-0.15, -0.1) is 0 Å². The molecule has 0 saturated carbocycles. The first kappa shape index (κ1) is 14.5. The van der Waals surface area contributed by atoms with Crippen molar-refractivity contribution in [3.63, 3.8) is 0 Å². The number of anilines is 1. The lowest BCUT2D eigenvalue weighted by Crippen LogP contribution is -2.08. The van der Waals surface area contributed by atoms with E-state index in [1.54, 1.807) is 23.4 Å². The zero-order valence-electron chi connectivity index (χ0n) is 11.4. The van der Waals surface area contributed by atoms with E-state index in [1.807, 2.05) is 20.2 Å². The average Bonchev–Trinajstić information content (AvgIpc) is 2.35. The van der Waals surface area contributed by atoms with Gasteiger partial charge in [0.2, 0.25) is 5.91 Å². The number of hydrogen-bond acceptors (Lipinski definition) is 4. The van der Waals surface area contributed by atoms with Crippen LogP contribution in [0.2, 0.25) is 0 Å². The molecule has 0 bridgehead atoms. The van der Waals surface area contributed by atoms with Gasteiger partial charge in [0.05, 0.1) is 30.4 Å². The molecule has 100 valence electrons. The molecule has 1 amide bonds. The molecular weight excluding hydrogens is 244 g/mol. The average molecular weight is 260 g/mol. The lowest BCUT2D eigenvalue weighted by Gasteiger charge is -2.11. The first-order valence-electron chi connectivity index (χ1n) is 5.58. The molecule has 0 aliphatic heterocycles. The van der Waals surface area contributed by atoms with Crippen molar-refractivity contribution in [1.29, 1.82) is 5.26 Å². The standard InChI is InChI=1S/C13H16N4O2/c1-9(18)16-12-5-10(7-14)11(6-13(12)19-4)15-8-17(2)3/h5-6,8H,1-4H3,(H,16,18). The third kappa shape index (κ3) is 4.00. The normalized spacial score (nSPS) is 10.1. The Hall–Kier alpha value is -2.55. The van der Waals surface area contributed by atoms with Crippen molar-refractivity contribution in [1.82, 2.24) is 4.90 Å². The number of aliphatic imine (C=N–C) groups is 1. The van der Waals surface area contributed by atoms with Crippen molar-refractivity contribution < 1.29 is 9.53 Å². The minimum absolute atomic E-state index is 0.230. The second-order valence-corrected chi connectivity index (χ2v) is 4.07. The quantitative estimate of drug-likeness (QED) is 0.660. The van der Waals surface area contributed by atoms with Gasteiger partial charge in [-0.05, 0) is 6.07 Å². The molecule has 0 saturated heterocycles. The number of rotatable bonds is 4. The maximum atomic E-state index is 11.1. The van der Waals surface area contributed by atoms with E-state index in [1.165, 1.54) is 14.0 Å². The van der Waals surface area contributed by atoms with Crippen molar-refractivity contribution in [3.8, 4) is 11.8 Å². The van der Waals surface area contributed by atoms with Crippen molar-refractivity contribution >= 4 is 23.6 Å². The van der Waals surface area contributed by atoms with E-state index in [0.717, 1.165) is 0 Å². The molecular formula is C13H16N4O2. The molecule has 1 aromatic carbocycles. The van der Waals surface area contributed by atoms with Gasteiger partial charge in [-0.25, -0.2) is 4.99 Å². The van der Waals surface area contributed by atoms with Crippen LogP contribution in [0.4, 0.5) is 11.4 Å². The van der Waals surface area contributed by atoms with Crippen LogP contribution >= 0.6 is 0 Å². The number of carbonyl (C=O) groups excluding carboxylic acids is 1. The zero-order chi connectivity index (χ0) is 14.4. The number of amides is 1. The first-order chi connectivity index (χ1) is 8.97. The highest BCUT2D eigenvalue weighted by Gasteiger charge is 2.10. The first-order valence-corrected chi connectivity index (χ1v) is 5.58. The summed E-state index contributed by atoms with van der Waals surface area (Å²) in [5.41, 5.74) is 1.31. The topological polar surface area (TPSA) is 77.7 Å². The number of carbonyl (C=O) groups is 1. The maximum Gasteiger partial charge on any atom is 0.221 e. The molecule has 0 radical (unpaired) electrons. The van der Waals surface area contributed by atoms with Crippen LogP contribution in [0.5, 0.6) is 5.75 Å². The molecule has 0 aliphatic rings. The van der Waals surface area contributed by atoms with Crippen molar-refractivity contribution in [2.24, 2.45) is 4.99 Å². The lowest BCUT2D eigenvalue weighted by molar-refractivity contribution is -0.114. The Kier molecular flexibility index (Phi) is 4.89. The van der Waals surface area contributed by atoms with E-state index in [2.05, 4.69) is 10.3 Å². The Labute approximate surface area is 112 Å². The summed E-state index contributed by atoms with van der Waals surface area (Å²) in [5.74, 6) is 0.229. The van der Waals surface area contributed by atoms with Gasteiger partial charge in [0.25, 0.3) is 0 Å². The number of nitrogens with one attached hydrogen (secondary N) is 1. The SMILES string of the molecule is COc1cc(N=CN(C)C)c(C#N)cc1NC(C)=O. The molecule has 6 nitrogen and oxygen atoms in total. The monoisotopic (exact) mass is 260 g/mol. The summed E-state index contributed by atoms with van der Waals surface area (Å²) in [6, 6.07) is 5.20. The Balaban J connectivity index is 3.27. The summed E-state index contributed by atoms with van der Waals surface area (Å²) in [6.07, 6.45) is 1.59. The molecule has 6 heteroatoms. The second-order valence-electron chi connectivity index (χ2n) is 4.07. The van der Waals surface area contributed by atoms with Crippen LogP contribution in [-0.4, -0.2) is 38.4 Å². The molecule has 0 heterocycles. The number of methoxy groups -OCH3 is 1. The van der Waals surface area contributed by atoms with Crippen molar-refractivity contribution in [3.05, 3.63) is 17.7 Å². The highest BCUT2D eigenvalue weighted by Crippen LogP contribution is 2.32. The highest BCUT2D eigenvalue weighted by molar-refractivity contribution is 5.91. The van der Waals surface area contributed by atoms with Crippen LogP contribution in [0.3, 0.4) is 0 Å². The van der Waals surface area contributed by atoms with Gasteiger partial charge in [-0.2, -0.15) is 5.26 Å². The third-order valence-electron chi connectivity index (χ3n) is 2.18. The van der Waals surface area contributed by atoms with Crippen molar-refractivity contribution in [2.75, 3.05) is 26.5 Å².